The average Bonchev–Trinajstić information content (AvgIpc) is 2.40. The smallest absolute Gasteiger partial charge is 0.317 e. The summed E-state index contributed by atoms with van der Waals surface area (Å²) in [6.07, 6.45) is 4.77. The maximum atomic E-state index is 12.2. The molecule has 0 aliphatic carbocycles. The molecule has 0 bridgehead atoms. The van der Waals surface area contributed by atoms with Crippen molar-refractivity contribution in [1.29, 1.82) is 0 Å². The first kappa shape index (κ1) is 14.6. The lowest BCUT2D eigenvalue weighted by Gasteiger charge is -2.39. The molecular formula is C15H29N3O. The van der Waals surface area contributed by atoms with Crippen LogP contribution in [-0.2, 0) is 0 Å². The van der Waals surface area contributed by atoms with Gasteiger partial charge in [-0.15, -0.1) is 0 Å². The summed E-state index contributed by atoms with van der Waals surface area (Å²) >= 11 is 0. The van der Waals surface area contributed by atoms with E-state index in [1.54, 1.807) is 0 Å². The average molecular weight is 267 g/mol. The van der Waals surface area contributed by atoms with Crippen LogP contribution in [0, 0.1) is 11.3 Å². The molecule has 2 aliphatic heterocycles. The minimum Gasteiger partial charge on any atom is -0.337 e. The third-order valence-corrected chi connectivity index (χ3v) is 4.80. The molecule has 4 heteroatoms. The van der Waals surface area contributed by atoms with Gasteiger partial charge in [0, 0.05) is 19.6 Å². The predicted molar refractivity (Wildman–Crippen MR) is 78.2 cm³/mol. The number of urea groups is 1. The first-order valence-electron chi connectivity index (χ1n) is 7.70. The van der Waals surface area contributed by atoms with Gasteiger partial charge in [-0.05, 0) is 57.2 Å². The van der Waals surface area contributed by atoms with Gasteiger partial charge in [0.05, 0.1) is 0 Å². The monoisotopic (exact) mass is 267 g/mol. The molecule has 2 saturated heterocycles. The first-order chi connectivity index (χ1) is 8.98. The highest BCUT2D eigenvalue weighted by Gasteiger charge is 2.30. The number of nitrogens with one attached hydrogen (secondary N) is 1. The van der Waals surface area contributed by atoms with Crippen LogP contribution in [-0.4, -0.2) is 55.6 Å². The summed E-state index contributed by atoms with van der Waals surface area (Å²) in [6.45, 7) is 9.50. The van der Waals surface area contributed by atoms with Gasteiger partial charge in [0.1, 0.15) is 0 Å². The van der Waals surface area contributed by atoms with Gasteiger partial charge < -0.3 is 15.1 Å². The van der Waals surface area contributed by atoms with Crippen molar-refractivity contribution in [3.63, 3.8) is 0 Å². The Morgan fingerprint density at radius 1 is 1.32 bits per heavy atom. The standard InChI is InChI=1S/C15H29N3O/c1-13-5-4-8-18(11-13)14(19)16-12-15(2)6-9-17(3)10-7-15/h13H,4-12H2,1-3H3,(H,16,19). The molecule has 2 amide bonds. The summed E-state index contributed by atoms with van der Waals surface area (Å²) < 4.78 is 0. The Labute approximate surface area is 117 Å². The highest BCUT2D eigenvalue weighted by atomic mass is 16.2. The molecule has 4 nitrogen and oxygen atoms in total. The van der Waals surface area contributed by atoms with Crippen LogP contribution >= 0.6 is 0 Å². The minimum absolute atomic E-state index is 0.145. The third-order valence-electron chi connectivity index (χ3n) is 4.80. The third kappa shape index (κ3) is 4.10. The van der Waals surface area contributed by atoms with E-state index in [9.17, 15) is 4.79 Å². The Bertz CT molecular complexity index is 311. The number of hydrogen-bond donors (Lipinski definition) is 1. The molecule has 0 aromatic rings. The lowest BCUT2D eigenvalue weighted by atomic mass is 9.80. The van der Waals surface area contributed by atoms with Gasteiger partial charge in [-0.1, -0.05) is 13.8 Å². The molecular weight excluding hydrogens is 238 g/mol. The van der Waals surface area contributed by atoms with Crippen LogP contribution in [0.3, 0.4) is 0 Å². The largest absolute Gasteiger partial charge is 0.337 e. The molecule has 2 rings (SSSR count). The van der Waals surface area contributed by atoms with E-state index >= 15 is 0 Å². The van der Waals surface area contributed by atoms with Gasteiger partial charge >= 0.3 is 6.03 Å². The zero-order chi connectivity index (χ0) is 13.9. The molecule has 0 radical (unpaired) electrons. The lowest BCUT2D eigenvalue weighted by Crippen LogP contribution is -2.49. The van der Waals surface area contributed by atoms with Gasteiger partial charge in [-0.3, -0.25) is 0 Å². The van der Waals surface area contributed by atoms with Gasteiger partial charge in [0.15, 0.2) is 0 Å². The zero-order valence-corrected chi connectivity index (χ0v) is 12.7. The minimum atomic E-state index is 0.145. The molecule has 2 aliphatic rings. The Kier molecular flexibility index (Phi) is 4.71. The van der Waals surface area contributed by atoms with Gasteiger partial charge in [-0.25, -0.2) is 4.79 Å². The second-order valence-corrected chi connectivity index (χ2v) is 6.97. The number of carbonyl (C=O) groups is 1. The highest BCUT2D eigenvalue weighted by molar-refractivity contribution is 5.74. The van der Waals surface area contributed by atoms with Crippen molar-refractivity contribution in [2.75, 3.05) is 39.8 Å². The molecule has 0 aromatic heterocycles. The molecule has 1 unspecified atom stereocenters. The molecule has 2 fully saturated rings. The van der Waals surface area contributed by atoms with E-state index in [2.05, 4.69) is 31.1 Å². The van der Waals surface area contributed by atoms with Crippen LogP contribution in [0.2, 0.25) is 0 Å². The predicted octanol–water partition coefficient (Wildman–Crippen LogP) is 2.16. The van der Waals surface area contributed by atoms with Gasteiger partial charge in [0.25, 0.3) is 0 Å². The number of hydrogen-bond acceptors (Lipinski definition) is 2. The van der Waals surface area contributed by atoms with E-state index in [0.29, 0.717) is 5.92 Å². The molecule has 0 spiro atoms. The van der Waals surface area contributed by atoms with Crippen LogP contribution in [0.1, 0.15) is 39.5 Å². The van der Waals surface area contributed by atoms with E-state index in [-0.39, 0.29) is 11.4 Å². The van der Waals surface area contributed by atoms with E-state index in [1.807, 2.05) is 4.90 Å². The molecule has 110 valence electrons. The van der Waals surface area contributed by atoms with E-state index in [1.165, 1.54) is 19.3 Å². The van der Waals surface area contributed by atoms with Crippen molar-refractivity contribution in [2.24, 2.45) is 11.3 Å². The first-order valence-corrected chi connectivity index (χ1v) is 7.70. The fourth-order valence-corrected chi connectivity index (χ4v) is 3.11. The van der Waals surface area contributed by atoms with Crippen LogP contribution in [0.5, 0.6) is 0 Å². The second-order valence-electron chi connectivity index (χ2n) is 6.97. The Morgan fingerprint density at radius 2 is 2.00 bits per heavy atom. The van der Waals surface area contributed by atoms with Crippen LogP contribution in [0.15, 0.2) is 0 Å². The highest BCUT2D eigenvalue weighted by Crippen LogP contribution is 2.29. The van der Waals surface area contributed by atoms with Gasteiger partial charge in [-0.2, -0.15) is 0 Å². The summed E-state index contributed by atoms with van der Waals surface area (Å²) in [7, 11) is 2.17. The number of piperidine rings is 2. The van der Waals surface area contributed by atoms with E-state index in [4.69, 9.17) is 0 Å². The number of carbonyl (C=O) groups excluding carboxylic acids is 1. The second kappa shape index (κ2) is 6.12. The number of likely N-dealkylation sites (tertiary alicyclic amines) is 2. The maximum Gasteiger partial charge on any atom is 0.317 e. The topological polar surface area (TPSA) is 35.6 Å². The molecule has 19 heavy (non-hydrogen) atoms. The van der Waals surface area contributed by atoms with Crippen molar-refractivity contribution in [3.8, 4) is 0 Å². The molecule has 0 aromatic carbocycles. The number of amides is 2. The fraction of sp³-hybridized carbons (Fsp3) is 0.933. The normalized spacial score (nSPS) is 28.2. The maximum absolute atomic E-state index is 12.2. The van der Waals surface area contributed by atoms with Crippen molar-refractivity contribution in [1.82, 2.24) is 15.1 Å². The van der Waals surface area contributed by atoms with Crippen molar-refractivity contribution < 1.29 is 4.79 Å². The molecule has 0 saturated carbocycles. The summed E-state index contributed by atoms with van der Waals surface area (Å²) in [4.78, 5) is 16.6. The van der Waals surface area contributed by atoms with E-state index < -0.39 is 0 Å². The Morgan fingerprint density at radius 3 is 2.63 bits per heavy atom. The summed E-state index contributed by atoms with van der Waals surface area (Å²) in [5.74, 6) is 0.651. The summed E-state index contributed by atoms with van der Waals surface area (Å²) in [6, 6.07) is 0.145. The number of rotatable bonds is 2. The molecule has 1 N–H and O–H groups in total. The Hall–Kier alpha value is -0.770. The Balaban J connectivity index is 1.76. The van der Waals surface area contributed by atoms with Crippen molar-refractivity contribution >= 4 is 6.03 Å². The van der Waals surface area contributed by atoms with Gasteiger partial charge in [0.2, 0.25) is 0 Å². The van der Waals surface area contributed by atoms with Crippen LogP contribution in [0.25, 0.3) is 0 Å². The van der Waals surface area contributed by atoms with Crippen LogP contribution in [0.4, 0.5) is 4.79 Å². The quantitative estimate of drug-likeness (QED) is 0.832. The van der Waals surface area contributed by atoms with Crippen molar-refractivity contribution in [3.05, 3.63) is 0 Å². The van der Waals surface area contributed by atoms with Crippen molar-refractivity contribution in [2.45, 2.75) is 39.5 Å². The van der Waals surface area contributed by atoms with E-state index in [0.717, 1.165) is 39.1 Å². The number of nitrogens with zero attached hydrogens (tertiary/aromatic N) is 2. The summed E-state index contributed by atoms with van der Waals surface area (Å²) in [5.41, 5.74) is 0.281. The lowest BCUT2D eigenvalue weighted by molar-refractivity contribution is 0.128. The SMILES string of the molecule is CC1CCCN(C(=O)NCC2(C)CCN(C)CC2)C1. The van der Waals surface area contributed by atoms with Crippen LogP contribution < -0.4 is 5.32 Å². The zero-order valence-electron chi connectivity index (χ0n) is 12.7. The molecule has 1 atom stereocenters. The fourth-order valence-electron chi connectivity index (χ4n) is 3.11. The molecule has 2 heterocycles. The summed E-state index contributed by atoms with van der Waals surface area (Å²) in [5, 5.41) is 3.17.